The molecule has 4 aromatic rings. The summed E-state index contributed by atoms with van der Waals surface area (Å²) in [4.78, 5) is 33.5. The van der Waals surface area contributed by atoms with Gasteiger partial charge < -0.3 is 14.4 Å². The molecular formula is C36H38Cl2F2N6O3. The molecule has 0 aliphatic carbocycles. The van der Waals surface area contributed by atoms with Crippen LogP contribution in [0.15, 0.2) is 36.4 Å². The molecule has 2 bridgehead atoms. The van der Waals surface area contributed by atoms with Crippen molar-refractivity contribution in [1.29, 1.82) is 0 Å². The van der Waals surface area contributed by atoms with Crippen LogP contribution in [0.1, 0.15) is 52.9 Å². The fraction of sp³-hybridized carbons (Fsp3) is 0.500. The van der Waals surface area contributed by atoms with E-state index in [1.807, 2.05) is 56.0 Å². The van der Waals surface area contributed by atoms with Gasteiger partial charge in [0.05, 0.1) is 28.7 Å². The SMILES string of the molecule is CC(C)(C)OC(=O)N1[C@@H]2CC[C@H]1CN(c1nc(OC[C@@]34CCCN3C[C@H](F)C4)nc3c(F)c(Cl)nc(-c4cccc5cccc(Cl)c45)c13)C2. The highest BCUT2D eigenvalue weighted by molar-refractivity contribution is 6.37. The van der Waals surface area contributed by atoms with Gasteiger partial charge in [0.15, 0.2) is 11.0 Å². The molecule has 6 heterocycles. The number of nitrogens with zero attached hydrogens (tertiary/aromatic N) is 6. The quantitative estimate of drug-likeness (QED) is 0.194. The van der Waals surface area contributed by atoms with E-state index in [1.165, 1.54) is 0 Å². The van der Waals surface area contributed by atoms with Crippen LogP contribution in [0.4, 0.5) is 19.4 Å². The van der Waals surface area contributed by atoms with Crippen LogP contribution in [0.25, 0.3) is 32.9 Å². The summed E-state index contributed by atoms with van der Waals surface area (Å²) in [5, 5.41) is 2.17. The third-order valence-electron chi connectivity index (χ3n) is 10.4. The fourth-order valence-electron chi connectivity index (χ4n) is 8.42. The second-order valence-electron chi connectivity index (χ2n) is 14.8. The molecule has 13 heteroatoms. The standard InChI is InChI=1S/C36H38Cl2F2N6O3/c1-35(2,3)49-34(47)46-22-11-12-23(46)18-44(17-22)32-27-29(24-9-4-7-20-8-5-10-25(37)26(20)24)41-31(38)28(40)30(27)42-33(43-32)48-19-36-13-6-14-45(36)16-21(39)15-36/h4-5,7-10,21-23H,6,11-19H2,1-3H3/t21-,22-,23+,36+/m1/s1. The Hall–Kier alpha value is -3.54. The molecule has 0 unspecified atom stereocenters. The Labute approximate surface area is 293 Å². The van der Waals surface area contributed by atoms with Gasteiger partial charge in [-0.05, 0) is 64.5 Å². The van der Waals surface area contributed by atoms with Crippen molar-refractivity contribution < 1.29 is 23.0 Å². The molecule has 0 saturated carbocycles. The molecule has 1 amide bonds. The van der Waals surface area contributed by atoms with E-state index in [1.54, 1.807) is 6.07 Å². The molecule has 0 N–H and O–H groups in total. The van der Waals surface area contributed by atoms with Gasteiger partial charge in [-0.3, -0.25) is 9.80 Å². The average molecular weight is 712 g/mol. The van der Waals surface area contributed by atoms with E-state index in [0.29, 0.717) is 53.5 Å². The Morgan fingerprint density at radius 3 is 2.49 bits per heavy atom. The van der Waals surface area contributed by atoms with Crippen LogP contribution in [0, 0.1) is 5.82 Å². The molecule has 0 spiro atoms. The van der Waals surface area contributed by atoms with Gasteiger partial charge in [0.25, 0.3) is 0 Å². The van der Waals surface area contributed by atoms with E-state index < -0.39 is 23.1 Å². The van der Waals surface area contributed by atoms with Crippen molar-refractivity contribution in [2.45, 2.75) is 82.3 Å². The summed E-state index contributed by atoms with van der Waals surface area (Å²) in [5.41, 5.74) is -0.0634. The number of ether oxygens (including phenoxy) is 2. The molecule has 4 aliphatic heterocycles. The van der Waals surface area contributed by atoms with E-state index in [-0.39, 0.29) is 41.5 Å². The third-order valence-corrected chi connectivity index (χ3v) is 11.0. The van der Waals surface area contributed by atoms with E-state index in [0.717, 1.165) is 43.0 Å². The molecule has 9 nitrogen and oxygen atoms in total. The van der Waals surface area contributed by atoms with E-state index in [9.17, 15) is 9.18 Å². The highest BCUT2D eigenvalue weighted by Crippen LogP contribution is 2.44. The zero-order valence-corrected chi connectivity index (χ0v) is 29.2. The molecule has 8 rings (SSSR count). The van der Waals surface area contributed by atoms with Crippen LogP contribution >= 0.6 is 23.2 Å². The topological polar surface area (TPSA) is 83.9 Å². The Balaban J connectivity index is 1.26. The van der Waals surface area contributed by atoms with E-state index in [4.69, 9.17) is 37.7 Å². The second kappa shape index (κ2) is 12.1. The van der Waals surface area contributed by atoms with Gasteiger partial charge >= 0.3 is 12.1 Å². The number of amides is 1. The molecule has 258 valence electrons. The van der Waals surface area contributed by atoms with Crippen LogP contribution in [-0.2, 0) is 4.74 Å². The van der Waals surface area contributed by atoms with Gasteiger partial charge in [0.2, 0.25) is 0 Å². The number of carbonyl (C=O) groups is 1. The number of hydrogen-bond acceptors (Lipinski definition) is 8. The smallest absolute Gasteiger partial charge is 0.410 e. The summed E-state index contributed by atoms with van der Waals surface area (Å²) < 4.78 is 42.9. The number of anilines is 1. The lowest BCUT2D eigenvalue weighted by Crippen LogP contribution is -2.57. The van der Waals surface area contributed by atoms with Gasteiger partial charge in [-0.2, -0.15) is 9.97 Å². The number of alkyl halides is 1. The van der Waals surface area contributed by atoms with Crippen LogP contribution in [0.3, 0.4) is 0 Å². The van der Waals surface area contributed by atoms with Crippen molar-refractivity contribution in [2.24, 2.45) is 0 Å². The van der Waals surface area contributed by atoms with Crippen molar-refractivity contribution in [3.63, 3.8) is 0 Å². The van der Waals surface area contributed by atoms with Crippen molar-refractivity contribution >= 4 is 56.8 Å². The predicted molar refractivity (Wildman–Crippen MR) is 186 cm³/mol. The number of hydrogen-bond donors (Lipinski definition) is 0. The number of rotatable bonds is 5. The van der Waals surface area contributed by atoms with Gasteiger partial charge in [-0.25, -0.2) is 18.6 Å². The zero-order chi connectivity index (χ0) is 34.2. The fourth-order valence-corrected chi connectivity index (χ4v) is 8.88. The first-order valence-corrected chi connectivity index (χ1v) is 17.7. The summed E-state index contributed by atoms with van der Waals surface area (Å²) in [6, 6.07) is 11.0. The molecular weight excluding hydrogens is 673 g/mol. The first-order chi connectivity index (χ1) is 23.4. The number of halogens is 4. The molecule has 4 aliphatic rings. The van der Waals surface area contributed by atoms with Gasteiger partial charge in [0.1, 0.15) is 29.7 Å². The largest absolute Gasteiger partial charge is 0.461 e. The highest BCUT2D eigenvalue weighted by atomic mass is 35.5. The number of fused-ring (bicyclic) bond motifs is 5. The maximum absolute atomic E-state index is 16.2. The van der Waals surface area contributed by atoms with Crippen molar-refractivity contribution in [3.8, 4) is 17.3 Å². The lowest BCUT2D eigenvalue weighted by atomic mass is 9.95. The Bertz CT molecular complexity index is 1960. The summed E-state index contributed by atoms with van der Waals surface area (Å²) in [5.74, 6) is -0.362. The maximum Gasteiger partial charge on any atom is 0.410 e. The minimum Gasteiger partial charge on any atom is -0.461 e. The summed E-state index contributed by atoms with van der Waals surface area (Å²) >= 11 is 13.3. The number of aromatic nitrogens is 3. The first-order valence-electron chi connectivity index (χ1n) is 16.9. The van der Waals surface area contributed by atoms with E-state index >= 15 is 4.39 Å². The lowest BCUT2D eigenvalue weighted by Gasteiger charge is -2.42. The van der Waals surface area contributed by atoms with Gasteiger partial charge in [0, 0.05) is 42.0 Å². The van der Waals surface area contributed by atoms with Gasteiger partial charge in [-0.1, -0.05) is 53.5 Å². The molecule has 2 aromatic heterocycles. The zero-order valence-electron chi connectivity index (χ0n) is 27.7. The average Bonchev–Trinajstić information content (AvgIpc) is 3.67. The lowest BCUT2D eigenvalue weighted by molar-refractivity contribution is 0.0122. The van der Waals surface area contributed by atoms with Crippen LogP contribution in [0.2, 0.25) is 10.2 Å². The minimum atomic E-state index is -0.925. The Morgan fingerprint density at radius 1 is 1.02 bits per heavy atom. The number of piperazine rings is 1. The first kappa shape index (κ1) is 32.7. The Morgan fingerprint density at radius 2 is 1.76 bits per heavy atom. The van der Waals surface area contributed by atoms with Crippen molar-refractivity contribution in [2.75, 3.05) is 37.7 Å². The monoisotopic (exact) mass is 710 g/mol. The maximum atomic E-state index is 16.2. The van der Waals surface area contributed by atoms with Crippen molar-refractivity contribution in [3.05, 3.63) is 52.4 Å². The predicted octanol–water partition coefficient (Wildman–Crippen LogP) is 7.83. The van der Waals surface area contributed by atoms with Crippen LogP contribution in [0.5, 0.6) is 6.01 Å². The molecule has 2 aromatic carbocycles. The number of carbonyl (C=O) groups excluding carboxylic acids is 1. The molecule has 4 fully saturated rings. The second-order valence-corrected chi connectivity index (χ2v) is 15.6. The molecule has 49 heavy (non-hydrogen) atoms. The molecule has 0 radical (unpaired) electrons. The van der Waals surface area contributed by atoms with Gasteiger partial charge in [-0.15, -0.1) is 0 Å². The summed E-state index contributed by atoms with van der Waals surface area (Å²) in [7, 11) is 0. The van der Waals surface area contributed by atoms with Crippen LogP contribution in [-0.4, -0.2) is 93.0 Å². The molecule has 4 atom stereocenters. The van der Waals surface area contributed by atoms with E-state index in [2.05, 4.69) is 19.8 Å². The highest BCUT2D eigenvalue weighted by Gasteiger charge is 2.50. The summed E-state index contributed by atoms with van der Waals surface area (Å²) in [6.07, 6.45) is 2.45. The normalized spacial score (nSPS) is 25.4. The van der Waals surface area contributed by atoms with Crippen LogP contribution < -0.4 is 9.64 Å². The van der Waals surface area contributed by atoms with Crippen molar-refractivity contribution in [1.82, 2.24) is 24.8 Å². The Kier molecular flexibility index (Phi) is 8.03. The molecule has 4 saturated heterocycles. The third kappa shape index (κ3) is 5.71. The number of pyridine rings is 1. The number of benzene rings is 2. The summed E-state index contributed by atoms with van der Waals surface area (Å²) in [6.45, 7) is 7.81. The minimum absolute atomic E-state index is 0.0176.